The molecule has 4 nitrogen and oxygen atoms in total. The summed E-state index contributed by atoms with van der Waals surface area (Å²) in [5, 5.41) is 2.88. The van der Waals surface area contributed by atoms with Gasteiger partial charge in [-0.15, -0.1) is 11.8 Å². The first-order chi connectivity index (χ1) is 12.2. The van der Waals surface area contributed by atoms with Crippen molar-refractivity contribution in [3.8, 4) is 0 Å². The molecule has 5 heteroatoms. The van der Waals surface area contributed by atoms with E-state index in [9.17, 15) is 9.59 Å². The number of anilines is 1. The number of nitrogens with one attached hydrogen (secondary N) is 1. The molecule has 1 N–H and O–H groups in total. The Morgan fingerprint density at radius 2 is 1.84 bits per heavy atom. The zero-order valence-corrected chi connectivity index (χ0v) is 14.6. The predicted octanol–water partition coefficient (Wildman–Crippen LogP) is 3.87. The second-order valence-electron chi connectivity index (χ2n) is 5.56. The number of pyridine rings is 1. The van der Waals surface area contributed by atoms with Crippen LogP contribution < -0.4 is 10.9 Å². The topological polar surface area (TPSA) is 51.1 Å². The van der Waals surface area contributed by atoms with E-state index in [4.69, 9.17) is 0 Å². The summed E-state index contributed by atoms with van der Waals surface area (Å²) in [7, 11) is 0. The van der Waals surface area contributed by atoms with Crippen molar-refractivity contribution in [3.05, 3.63) is 94.4 Å². The molecule has 0 saturated carbocycles. The van der Waals surface area contributed by atoms with Crippen LogP contribution >= 0.6 is 11.8 Å². The third-order valence-electron chi connectivity index (χ3n) is 3.77. The minimum atomic E-state index is -0.236. The van der Waals surface area contributed by atoms with E-state index >= 15 is 0 Å². The van der Waals surface area contributed by atoms with E-state index in [0.29, 0.717) is 12.1 Å². The first kappa shape index (κ1) is 17.0. The highest BCUT2D eigenvalue weighted by molar-refractivity contribution is 7.98. The number of hydrogen-bond acceptors (Lipinski definition) is 3. The Balaban J connectivity index is 1.81. The van der Waals surface area contributed by atoms with E-state index in [-0.39, 0.29) is 11.5 Å². The molecule has 0 atom stereocenters. The average Bonchev–Trinajstić information content (AvgIpc) is 2.64. The molecule has 0 fully saturated rings. The van der Waals surface area contributed by atoms with Crippen LogP contribution in [0, 0.1) is 0 Å². The number of carbonyl (C=O) groups excluding carboxylic acids is 1. The lowest BCUT2D eigenvalue weighted by atomic mass is 10.2. The third kappa shape index (κ3) is 4.39. The SMILES string of the molecule is CSc1cccc(NC(=O)c2ccc(=O)n(Cc3ccccc3)c2)c1. The van der Waals surface area contributed by atoms with E-state index < -0.39 is 0 Å². The van der Waals surface area contributed by atoms with Gasteiger partial charge < -0.3 is 9.88 Å². The molecule has 0 aliphatic heterocycles. The zero-order valence-electron chi connectivity index (χ0n) is 13.8. The first-order valence-electron chi connectivity index (χ1n) is 7.85. The first-order valence-corrected chi connectivity index (χ1v) is 9.08. The number of hydrogen-bond donors (Lipinski definition) is 1. The van der Waals surface area contributed by atoms with Gasteiger partial charge in [-0.25, -0.2) is 0 Å². The molecule has 126 valence electrons. The lowest BCUT2D eigenvalue weighted by Crippen LogP contribution is -2.22. The van der Waals surface area contributed by atoms with Gasteiger partial charge in [-0.05, 0) is 36.1 Å². The van der Waals surface area contributed by atoms with Crippen molar-refractivity contribution in [1.82, 2.24) is 4.57 Å². The van der Waals surface area contributed by atoms with Gasteiger partial charge in [0.1, 0.15) is 0 Å². The van der Waals surface area contributed by atoms with Crippen LogP contribution in [0.5, 0.6) is 0 Å². The van der Waals surface area contributed by atoms with Gasteiger partial charge in [-0.1, -0.05) is 36.4 Å². The minimum Gasteiger partial charge on any atom is -0.322 e. The molecule has 0 aliphatic rings. The van der Waals surface area contributed by atoms with Gasteiger partial charge in [-0.3, -0.25) is 9.59 Å². The number of thioether (sulfide) groups is 1. The Labute approximate surface area is 150 Å². The molecule has 2 aromatic carbocycles. The molecule has 0 aliphatic carbocycles. The molecule has 3 rings (SSSR count). The van der Waals surface area contributed by atoms with Gasteiger partial charge in [0.05, 0.1) is 12.1 Å². The Hall–Kier alpha value is -2.79. The fourth-order valence-electron chi connectivity index (χ4n) is 2.47. The second kappa shape index (κ2) is 7.85. The number of amides is 1. The van der Waals surface area contributed by atoms with Gasteiger partial charge in [0.2, 0.25) is 0 Å². The van der Waals surface area contributed by atoms with Gasteiger partial charge in [0, 0.05) is 22.8 Å². The van der Waals surface area contributed by atoms with Gasteiger partial charge in [0.25, 0.3) is 11.5 Å². The summed E-state index contributed by atoms with van der Waals surface area (Å²) in [5.74, 6) is -0.236. The number of rotatable bonds is 5. The molecule has 1 aromatic heterocycles. The van der Waals surface area contributed by atoms with Crippen LogP contribution in [0.1, 0.15) is 15.9 Å². The standard InChI is InChI=1S/C20H18N2O2S/c1-25-18-9-5-8-17(12-18)21-20(24)16-10-11-19(23)22(14-16)13-15-6-3-2-4-7-15/h2-12,14H,13H2,1H3,(H,21,24). The number of carbonyl (C=O) groups is 1. The zero-order chi connectivity index (χ0) is 17.6. The summed E-state index contributed by atoms with van der Waals surface area (Å²) < 4.78 is 1.54. The highest BCUT2D eigenvalue weighted by Gasteiger charge is 2.09. The molecule has 1 heterocycles. The van der Waals surface area contributed by atoms with E-state index in [1.165, 1.54) is 6.07 Å². The molecule has 0 radical (unpaired) electrons. The monoisotopic (exact) mass is 350 g/mol. The Bertz CT molecular complexity index is 936. The molecule has 0 bridgehead atoms. The quantitative estimate of drug-likeness (QED) is 0.711. The number of nitrogens with zero attached hydrogens (tertiary/aromatic N) is 1. The number of aromatic nitrogens is 1. The normalized spacial score (nSPS) is 10.4. The van der Waals surface area contributed by atoms with E-state index in [0.717, 1.165) is 16.1 Å². The van der Waals surface area contributed by atoms with Crippen LogP contribution in [0.2, 0.25) is 0 Å². The molecular weight excluding hydrogens is 332 g/mol. The molecule has 0 unspecified atom stereocenters. The van der Waals surface area contributed by atoms with Gasteiger partial charge in [0.15, 0.2) is 0 Å². The highest BCUT2D eigenvalue weighted by Crippen LogP contribution is 2.19. The van der Waals surface area contributed by atoms with Crippen molar-refractivity contribution in [1.29, 1.82) is 0 Å². The van der Waals surface area contributed by atoms with Crippen LogP contribution in [-0.2, 0) is 6.54 Å². The molecule has 3 aromatic rings. The number of benzene rings is 2. The van der Waals surface area contributed by atoms with E-state index in [1.54, 1.807) is 28.6 Å². The predicted molar refractivity (Wildman–Crippen MR) is 102 cm³/mol. The molecule has 1 amide bonds. The van der Waals surface area contributed by atoms with Crippen LogP contribution in [0.3, 0.4) is 0 Å². The maximum Gasteiger partial charge on any atom is 0.257 e. The van der Waals surface area contributed by atoms with Crippen molar-refractivity contribution in [2.24, 2.45) is 0 Å². The summed E-state index contributed by atoms with van der Waals surface area (Å²) in [5.41, 5.74) is 2.06. The molecule has 0 saturated heterocycles. The third-order valence-corrected chi connectivity index (χ3v) is 4.49. The fraction of sp³-hybridized carbons (Fsp3) is 0.100. The Morgan fingerprint density at radius 1 is 1.04 bits per heavy atom. The maximum atomic E-state index is 12.5. The summed E-state index contributed by atoms with van der Waals surface area (Å²) in [6.45, 7) is 0.433. The highest BCUT2D eigenvalue weighted by atomic mass is 32.2. The van der Waals surface area contributed by atoms with Crippen molar-refractivity contribution in [3.63, 3.8) is 0 Å². The van der Waals surface area contributed by atoms with Crippen molar-refractivity contribution in [2.75, 3.05) is 11.6 Å². The average molecular weight is 350 g/mol. The minimum absolute atomic E-state index is 0.134. The van der Waals surface area contributed by atoms with Crippen LogP contribution in [0.15, 0.2) is 82.6 Å². The van der Waals surface area contributed by atoms with E-state index in [2.05, 4.69) is 5.32 Å². The molecule has 25 heavy (non-hydrogen) atoms. The molecular formula is C20H18N2O2S. The fourth-order valence-corrected chi connectivity index (χ4v) is 2.93. The maximum absolute atomic E-state index is 12.5. The van der Waals surface area contributed by atoms with Gasteiger partial charge >= 0.3 is 0 Å². The van der Waals surface area contributed by atoms with Crippen molar-refractivity contribution >= 4 is 23.4 Å². The van der Waals surface area contributed by atoms with E-state index in [1.807, 2.05) is 60.9 Å². The summed E-state index contributed by atoms with van der Waals surface area (Å²) in [4.78, 5) is 25.6. The van der Waals surface area contributed by atoms with Crippen molar-refractivity contribution < 1.29 is 4.79 Å². The smallest absolute Gasteiger partial charge is 0.257 e. The van der Waals surface area contributed by atoms with Gasteiger partial charge in [-0.2, -0.15) is 0 Å². The lowest BCUT2D eigenvalue weighted by molar-refractivity contribution is 0.102. The summed E-state index contributed by atoms with van der Waals surface area (Å²) in [6, 6.07) is 20.3. The second-order valence-corrected chi connectivity index (χ2v) is 6.44. The summed E-state index contributed by atoms with van der Waals surface area (Å²) >= 11 is 1.61. The van der Waals surface area contributed by atoms with Crippen molar-refractivity contribution in [2.45, 2.75) is 11.4 Å². The van der Waals surface area contributed by atoms with Crippen LogP contribution in [0.4, 0.5) is 5.69 Å². The largest absolute Gasteiger partial charge is 0.322 e. The lowest BCUT2D eigenvalue weighted by Gasteiger charge is -2.10. The Kier molecular flexibility index (Phi) is 5.36. The summed E-state index contributed by atoms with van der Waals surface area (Å²) in [6.07, 6.45) is 3.59. The Morgan fingerprint density at radius 3 is 2.60 bits per heavy atom. The molecule has 0 spiro atoms. The van der Waals surface area contributed by atoms with Crippen LogP contribution in [0.25, 0.3) is 0 Å². The van der Waals surface area contributed by atoms with Crippen LogP contribution in [-0.4, -0.2) is 16.7 Å².